The maximum atomic E-state index is 12.1. The van der Waals surface area contributed by atoms with Crippen LogP contribution in [-0.4, -0.2) is 37.4 Å². The van der Waals surface area contributed by atoms with Crippen LogP contribution in [0.2, 0.25) is 0 Å². The third-order valence-electron chi connectivity index (χ3n) is 6.22. The molecule has 2 aliphatic rings. The highest BCUT2D eigenvalue weighted by Crippen LogP contribution is 2.31. The van der Waals surface area contributed by atoms with E-state index in [9.17, 15) is 9.59 Å². The Morgan fingerprint density at radius 3 is 2.74 bits per heavy atom. The molecular formula is C26H24N6O2S. The first-order chi connectivity index (χ1) is 17.0. The van der Waals surface area contributed by atoms with Crippen molar-refractivity contribution in [1.82, 2.24) is 24.9 Å². The van der Waals surface area contributed by atoms with E-state index in [0.717, 1.165) is 19.3 Å². The molecule has 0 bridgehead atoms. The molecule has 0 spiro atoms. The molecule has 9 heteroatoms. The quantitative estimate of drug-likeness (QED) is 0.304. The lowest BCUT2D eigenvalue weighted by molar-refractivity contribution is -0.124. The van der Waals surface area contributed by atoms with Crippen LogP contribution in [0.3, 0.4) is 0 Å². The van der Waals surface area contributed by atoms with E-state index in [-0.39, 0.29) is 18.2 Å². The normalized spacial score (nSPS) is 16.9. The average Bonchev–Trinajstić information content (AvgIpc) is 3.25. The van der Waals surface area contributed by atoms with Gasteiger partial charge < -0.3 is 5.32 Å². The highest BCUT2D eigenvalue weighted by molar-refractivity contribution is 7.15. The van der Waals surface area contributed by atoms with E-state index in [4.69, 9.17) is 9.97 Å². The molecule has 6 rings (SSSR count). The largest absolute Gasteiger partial charge is 0.351 e. The van der Waals surface area contributed by atoms with Crippen molar-refractivity contribution in [1.29, 1.82) is 0 Å². The zero-order valence-electron chi connectivity index (χ0n) is 19.2. The van der Waals surface area contributed by atoms with Gasteiger partial charge in [-0.05, 0) is 55.5 Å². The Bertz CT molecular complexity index is 1500. The lowest BCUT2D eigenvalue weighted by atomic mass is 10.0. The van der Waals surface area contributed by atoms with Gasteiger partial charge in [0.25, 0.3) is 5.91 Å². The zero-order chi connectivity index (χ0) is 23.9. The van der Waals surface area contributed by atoms with Crippen LogP contribution >= 0.6 is 11.3 Å². The predicted octanol–water partition coefficient (Wildman–Crippen LogP) is 3.95. The summed E-state index contributed by atoms with van der Waals surface area (Å²) < 4.78 is 1.69. The van der Waals surface area contributed by atoms with Crippen molar-refractivity contribution in [3.05, 3.63) is 70.0 Å². The van der Waals surface area contributed by atoms with Gasteiger partial charge in [0.05, 0.1) is 12.6 Å². The summed E-state index contributed by atoms with van der Waals surface area (Å²) >= 11 is 1.80. The standard InChI is InChI=1S/C26H24N6O2S/c1-15-6-10-21(35-15)20-5-3-2-4-16(20)7-11-22-29-24-18(12-17-13-23(33)31-25(17)34)14-27-32(24)26(30-22)28-19-8-9-19/h2-6,10,12,14,19H,7-9,11,13H2,1H3,(H,28,29,30)(H,31,33,34)/b17-12+. The number of carbonyl (C=O) groups is 2. The minimum atomic E-state index is -0.361. The summed E-state index contributed by atoms with van der Waals surface area (Å²) in [5, 5.41) is 10.3. The Hall–Kier alpha value is -3.85. The molecule has 3 aromatic heterocycles. The van der Waals surface area contributed by atoms with Crippen molar-refractivity contribution in [2.75, 3.05) is 5.32 Å². The van der Waals surface area contributed by atoms with Gasteiger partial charge >= 0.3 is 0 Å². The Morgan fingerprint density at radius 2 is 2.00 bits per heavy atom. The van der Waals surface area contributed by atoms with Crippen LogP contribution in [0.5, 0.6) is 0 Å². The molecule has 8 nitrogen and oxygen atoms in total. The number of imide groups is 1. The third kappa shape index (κ3) is 4.46. The van der Waals surface area contributed by atoms with Gasteiger partial charge in [-0.25, -0.2) is 4.98 Å². The lowest BCUT2D eigenvalue weighted by Gasteiger charge is -2.10. The molecule has 1 saturated carbocycles. The fourth-order valence-electron chi connectivity index (χ4n) is 4.27. The van der Waals surface area contributed by atoms with E-state index in [0.29, 0.717) is 41.0 Å². The van der Waals surface area contributed by atoms with E-state index in [1.54, 1.807) is 28.1 Å². The fourth-order valence-corrected chi connectivity index (χ4v) is 5.20. The molecule has 1 aliphatic carbocycles. The number of nitrogens with one attached hydrogen (secondary N) is 2. The van der Waals surface area contributed by atoms with E-state index in [2.05, 4.69) is 59.1 Å². The SMILES string of the molecule is Cc1ccc(-c2ccccc2CCc2nc(NC3CC3)n3ncc(/C=C4\CC(=O)NC4=O)c3n2)s1. The maximum absolute atomic E-state index is 12.1. The Kier molecular flexibility index (Phi) is 5.41. The number of hydrogen-bond donors (Lipinski definition) is 2. The minimum absolute atomic E-state index is 0.0697. The molecule has 176 valence electrons. The number of rotatable bonds is 7. The molecule has 0 radical (unpaired) electrons. The monoisotopic (exact) mass is 484 g/mol. The van der Waals surface area contributed by atoms with Crippen molar-refractivity contribution >= 4 is 40.8 Å². The highest BCUT2D eigenvalue weighted by Gasteiger charge is 2.26. The van der Waals surface area contributed by atoms with Crippen molar-refractivity contribution in [2.24, 2.45) is 0 Å². The molecule has 4 heterocycles. The van der Waals surface area contributed by atoms with E-state index < -0.39 is 0 Å². The Morgan fingerprint density at radius 1 is 1.14 bits per heavy atom. The first-order valence-corrected chi connectivity index (χ1v) is 12.6. The van der Waals surface area contributed by atoms with E-state index >= 15 is 0 Å². The zero-order valence-corrected chi connectivity index (χ0v) is 20.1. The summed E-state index contributed by atoms with van der Waals surface area (Å²) in [6, 6.07) is 13.2. The van der Waals surface area contributed by atoms with Gasteiger partial charge in [-0.15, -0.1) is 11.3 Å². The van der Waals surface area contributed by atoms with Gasteiger partial charge in [0.1, 0.15) is 5.82 Å². The average molecular weight is 485 g/mol. The second-order valence-corrected chi connectivity index (χ2v) is 10.3. The van der Waals surface area contributed by atoms with Gasteiger partial charge in [0.15, 0.2) is 5.65 Å². The van der Waals surface area contributed by atoms with Crippen LogP contribution in [-0.2, 0) is 22.4 Å². The first-order valence-electron chi connectivity index (χ1n) is 11.7. The number of thiophene rings is 1. The summed E-state index contributed by atoms with van der Waals surface area (Å²) in [5.74, 6) is 0.722. The third-order valence-corrected chi connectivity index (χ3v) is 7.25. The summed E-state index contributed by atoms with van der Waals surface area (Å²) in [7, 11) is 0. The second kappa shape index (κ2) is 8.74. The fraction of sp³-hybridized carbons (Fsp3) is 0.269. The number of benzene rings is 1. The molecule has 0 unspecified atom stereocenters. The van der Waals surface area contributed by atoms with Crippen molar-refractivity contribution in [2.45, 2.75) is 45.1 Å². The molecular weight excluding hydrogens is 460 g/mol. The van der Waals surface area contributed by atoms with Crippen molar-refractivity contribution in [3.63, 3.8) is 0 Å². The molecule has 0 atom stereocenters. The summed E-state index contributed by atoms with van der Waals surface area (Å²) in [6.45, 7) is 2.12. The second-order valence-electron chi connectivity index (χ2n) is 9.01. The van der Waals surface area contributed by atoms with Crippen molar-refractivity contribution < 1.29 is 9.59 Å². The minimum Gasteiger partial charge on any atom is -0.351 e. The van der Waals surface area contributed by atoms with Gasteiger partial charge in [-0.2, -0.15) is 14.6 Å². The number of carbonyl (C=O) groups excluding carboxylic acids is 2. The molecule has 2 fully saturated rings. The van der Waals surface area contributed by atoms with Crippen LogP contribution in [0.1, 0.15) is 41.1 Å². The Balaban J connectivity index is 1.34. The van der Waals surface area contributed by atoms with Gasteiger partial charge in [0.2, 0.25) is 11.9 Å². The highest BCUT2D eigenvalue weighted by atomic mass is 32.1. The number of amides is 2. The molecule has 35 heavy (non-hydrogen) atoms. The topological polar surface area (TPSA) is 101 Å². The number of aryl methyl sites for hydroxylation is 3. The molecule has 2 N–H and O–H groups in total. The first kappa shape index (κ1) is 21.7. The summed E-state index contributed by atoms with van der Waals surface area (Å²) in [5.41, 5.74) is 4.24. The van der Waals surface area contributed by atoms with Gasteiger partial charge in [0, 0.05) is 33.4 Å². The van der Waals surface area contributed by atoms with Crippen LogP contribution in [0, 0.1) is 6.92 Å². The van der Waals surface area contributed by atoms with Crippen LogP contribution in [0.25, 0.3) is 22.2 Å². The number of fused-ring (bicyclic) bond motifs is 1. The molecule has 2 amide bonds. The van der Waals surface area contributed by atoms with E-state index in [1.165, 1.54) is 20.9 Å². The number of anilines is 1. The molecule has 1 saturated heterocycles. The predicted molar refractivity (Wildman–Crippen MR) is 135 cm³/mol. The van der Waals surface area contributed by atoms with Crippen LogP contribution < -0.4 is 10.6 Å². The number of nitrogens with zero attached hydrogens (tertiary/aromatic N) is 4. The van der Waals surface area contributed by atoms with E-state index in [1.807, 2.05) is 0 Å². The molecule has 1 aromatic carbocycles. The van der Waals surface area contributed by atoms with Crippen LogP contribution in [0.15, 0.2) is 48.2 Å². The number of hydrogen-bond acceptors (Lipinski definition) is 7. The van der Waals surface area contributed by atoms with Crippen molar-refractivity contribution in [3.8, 4) is 10.4 Å². The summed E-state index contributed by atoms with van der Waals surface area (Å²) in [4.78, 5) is 35.9. The summed E-state index contributed by atoms with van der Waals surface area (Å²) in [6.07, 6.45) is 7.12. The van der Waals surface area contributed by atoms with Gasteiger partial charge in [-0.3, -0.25) is 14.9 Å². The lowest BCUT2D eigenvalue weighted by Crippen LogP contribution is -2.19. The van der Waals surface area contributed by atoms with Gasteiger partial charge in [-0.1, -0.05) is 24.3 Å². The molecule has 4 aromatic rings. The maximum Gasteiger partial charge on any atom is 0.254 e. The Labute approximate surface area is 206 Å². The number of aromatic nitrogens is 4. The smallest absolute Gasteiger partial charge is 0.254 e. The molecule has 1 aliphatic heterocycles. The van der Waals surface area contributed by atoms with Crippen LogP contribution in [0.4, 0.5) is 5.95 Å².